The minimum Gasteiger partial charge on any atom is -0.480 e. The number of carboxylic acids is 1. The lowest BCUT2D eigenvalue weighted by molar-refractivity contribution is -0.145. The second kappa shape index (κ2) is 38.3. The number of rotatable bonds is 38. The van der Waals surface area contributed by atoms with Crippen molar-refractivity contribution in [3.63, 3.8) is 0 Å². The zero-order valence-corrected chi connectivity index (χ0v) is 50.5. The average molecular weight is 1210 g/mol. The Morgan fingerprint density at radius 1 is 0.541 bits per heavy atom. The Labute approximate surface area is 495 Å². The van der Waals surface area contributed by atoms with Gasteiger partial charge in [-0.1, -0.05) is 61.8 Å². The number of likely N-dealkylation sites (tertiary alicyclic amines) is 1. The Hall–Kier alpha value is -7.74. The Morgan fingerprint density at radius 2 is 1.00 bits per heavy atom. The molecule has 0 aliphatic carbocycles. The van der Waals surface area contributed by atoms with Crippen LogP contribution in [-0.2, 0) is 62.3 Å². The molecular formula is C53H94N16O16. The van der Waals surface area contributed by atoms with Crippen LogP contribution in [0, 0.1) is 23.7 Å². The molecule has 0 saturated carbocycles. The van der Waals surface area contributed by atoms with Crippen LogP contribution >= 0.6 is 0 Å². The highest BCUT2D eigenvalue weighted by Gasteiger charge is 2.41. The van der Waals surface area contributed by atoms with Gasteiger partial charge in [0.1, 0.15) is 54.4 Å². The number of hydrogen-bond acceptors (Lipinski definition) is 17. The van der Waals surface area contributed by atoms with Gasteiger partial charge >= 0.3 is 5.97 Å². The summed E-state index contributed by atoms with van der Waals surface area (Å²) in [4.78, 5) is 176. The highest BCUT2D eigenvalue weighted by Crippen LogP contribution is 2.22. The molecule has 32 heteroatoms. The summed E-state index contributed by atoms with van der Waals surface area (Å²) in [5.41, 5.74) is 16.8. The molecule has 0 aromatic heterocycles. The molecule has 482 valence electrons. The molecule has 1 fully saturated rings. The molecule has 0 spiro atoms. The van der Waals surface area contributed by atoms with Crippen molar-refractivity contribution in [3.05, 3.63) is 0 Å². The molecule has 20 N–H and O–H groups in total. The van der Waals surface area contributed by atoms with Crippen molar-refractivity contribution in [1.29, 1.82) is 0 Å². The number of aliphatic hydroxyl groups excluding tert-OH is 2. The molecule has 0 aromatic rings. The van der Waals surface area contributed by atoms with Gasteiger partial charge in [0, 0.05) is 13.1 Å². The van der Waals surface area contributed by atoms with Gasteiger partial charge in [0.2, 0.25) is 70.9 Å². The molecule has 0 bridgehead atoms. The first-order chi connectivity index (χ1) is 39.8. The van der Waals surface area contributed by atoms with E-state index >= 15 is 0 Å². The van der Waals surface area contributed by atoms with Crippen LogP contribution < -0.4 is 75.7 Å². The first-order valence-electron chi connectivity index (χ1n) is 28.6. The maximum Gasteiger partial charge on any atom is 0.325 e. The fraction of sp³-hybridized carbons (Fsp3) is 0.736. The van der Waals surface area contributed by atoms with Crippen LogP contribution in [0.25, 0.3) is 0 Å². The third-order valence-corrected chi connectivity index (χ3v) is 13.4. The fourth-order valence-electron chi connectivity index (χ4n) is 8.49. The van der Waals surface area contributed by atoms with Gasteiger partial charge in [-0.3, -0.25) is 67.3 Å². The number of carbonyl (C=O) groups excluding carboxylic acids is 12. The summed E-state index contributed by atoms with van der Waals surface area (Å²) < 4.78 is 0. The van der Waals surface area contributed by atoms with Crippen molar-refractivity contribution < 1.29 is 77.6 Å². The van der Waals surface area contributed by atoms with Crippen LogP contribution in [0.3, 0.4) is 0 Å². The van der Waals surface area contributed by atoms with E-state index in [0.717, 1.165) is 0 Å². The Morgan fingerprint density at radius 3 is 1.51 bits per heavy atom. The summed E-state index contributed by atoms with van der Waals surface area (Å²) in [7, 11) is 0. The fourth-order valence-corrected chi connectivity index (χ4v) is 8.49. The van der Waals surface area contributed by atoms with Gasteiger partial charge in [-0.25, -0.2) is 0 Å². The number of hydrogen-bond donors (Lipinski definition) is 17. The first-order valence-corrected chi connectivity index (χ1v) is 28.6. The highest BCUT2D eigenvalue weighted by molar-refractivity contribution is 5.99. The van der Waals surface area contributed by atoms with Crippen molar-refractivity contribution in [2.45, 2.75) is 181 Å². The number of guanidine groups is 1. The maximum atomic E-state index is 14.2. The van der Waals surface area contributed by atoms with E-state index in [0.29, 0.717) is 19.3 Å². The van der Waals surface area contributed by atoms with E-state index in [1.807, 2.05) is 13.8 Å². The van der Waals surface area contributed by atoms with Crippen LogP contribution in [0.1, 0.15) is 121 Å². The number of amides is 12. The zero-order valence-electron chi connectivity index (χ0n) is 50.5. The van der Waals surface area contributed by atoms with Gasteiger partial charge in [-0.2, -0.15) is 0 Å². The van der Waals surface area contributed by atoms with E-state index in [9.17, 15) is 77.6 Å². The number of aliphatic hydroxyl groups is 2. The van der Waals surface area contributed by atoms with Gasteiger partial charge < -0.3 is 95.9 Å². The monoisotopic (exact) mass is 1210 g/mol. The van der Waals surface area contributed by atoms with Crippen molar-refractivity contribution in [2.75, 3.05) is 45.9 Å². The largest absolute Gasteiger partial charge is 0.480 e. The number of aliphatic carboxylic acids is 1. The lowest BCUT2D eigenvalue weighted by atomic mass is 9.96. The molecule has 1 rings (SSSR count). The normalized spacial score (nSPS) is 16.5. The third-order valence-electron chi connectivity index (χ3n) is 13.4. The maximum absolute atomic E-state index is 14.2. The number of nitrogens with zero attached hydrogens (tertiary/aromatic N) is 2. The molecule has 11 atom stereocenters. The predicted octanol–water partition coefficient (Wildman–Crippen LogP) is -6.12. The minimum absolute atomic E-state index is 0.00359. The van der Waals surface area contributed by atoms with Crippen LogP contribution in [-0.4, -0.2) is 209 Å². The number of nitrogens with one attached hydrogen (secondary N) is 11. The minimum atomic E-state index is -1.69. The number of carbonyl (C=O) groups is 13. The Kier molecular flexibility index (Phi) is 33.9. The molecule has 1 aliphatic heterocycles. The second-order valence-electron chi connectivity index (χ2n) is 22.3. The van der Waals surface area contributed by atoms with Gasteiger partial charge in [-0.15, -0.1) is 0 Å². The standard InChI is InChI=1S/C53H94N16O16/c1-11-29(8)42(51(83)69-17-13-15-38(69)50(82)62-31(10)52(84)85)68-49(81)37(25-71)67-45(77)33(14-12-16-57-53(55)56)64-46(78)35(20-28(6)7)66-47(79)34(19-27(4)5)65-43(75)30(9)61-48(80)36(24-70)63-41(74)23-59-39(72)21-58-40(73)22-60-44(76)32(54)18-26(2)3/h26-38,42,70-71H,11-25,54H2,1-10H3,(H,58,73)(H,59,72)(H,60,76)(H,61,80)(H,62,82)(H,63,74)(H,64,78)(H,65,75)(H,66,79)(H,67,77)(H,68,81)(H,84,85)(H4,55,56,57). The Balaban J connectivity index is 3.18. The van der Waals surface area contributed by atoms with E-state index in [4.69, 9.17) is 17.2 Å². The second-order valence-corrected chi connectivity index (χ2v) is 22.3. The molecule has 85 heavy (non-hydrogen) atoms. The number of nitrogens with two attached hydrogens (primary N) is 3. The van der Waals surface area contributed by atoms with Gasteiger partial charge in [0.05, 0.1) is 38.9 Å². The lowest BCUT2D eigenvalue weighted by Gasteiger charge is -2.32. The van der Waals surface area contributed by atoms with Crippen molar-refractivity contribution >= 4 is 82.8 Å². The molecule has 32 nitrogen and oxygen atoms in total. The van der Waals surface area contributed by atoms with Crippen LogP contribution in [0.15, 0.2) is 4.99 Å². The van der Waals surface area contributed by atoms with E-state index in [1.54, 1.807) is 41.5 Å². The van der Waals surface area contributed by atoms with E-state index in [2.05, 4.69) is 63.5 Å². The summed E-state index contributed by atoms with van der Waals surface area (Å²) >= 11 is 0. The zero-order chi connectivity index (χ0) is 64.8. The average Bonchev–Trinajstić information content (AvgIpc) is 3.95. The molecule has 0 aromatic carbocycles. The summed E-state index contributed by atoms with van der Waals surface area (Å²) in [6, 6.07) is -13.1. The summed E-state index contributed by atoms with van der Waals surface area (Å²) in [5, 5.41) is 56.3. The quantitative estimate of drug-likeness (QED) is 0.0155. The SMILES string of the molecule is CCC(C)C(NC(=O)C(CO)NC(=O)C(CCCN=C(N)N)NC(=O)C(CC(C)C)NC(=O)C(CC(C)C)NC(=O)C(C)NC(=O)C(CO)NC(=O)CNC(=O)CNC(=O)CNC(=O)C(N)CC(C)C)C(=O)N1CCCC1C(=O)NC(C)C(=O)O. The van der Waals surface area contributed by atoms with Gasteiger partial charge in [-0.05, 0) is 82.5 Å². The third kappa shape index (κ3) is 28.1. The van der Waals surface area contributed by atoms with Gasteiger partial charge in [0.25, 0.3) is 0 Å². The smallest absolute Gasteiger partial charge is 0.325 e. The molecule has 1 heterocycles. The van der Waals surface area contributed by atoms with E-state index in [1.165, 1.54) is 18.7 Å². The van der Waals surface area contributed by atoms with Crippen molar-refractivity contribution in [2.24, 2.45) is 45.9 Å². The summed E-state index contributed by atoms with van der Waals surface area (Å²) in [5.74, 6) is -12.3. The van der Waals surface area contributed by atoms with Crippen molar-refractivity contribution in [1.82, 2.24) is 63.4 Å². The Bertz CT molecular complexity index is 2340. The van der Waals surface area contributed by atoms with Gasteiger partial charge in [0.15, 0.2) is 5.96 Å². The van der Waals surface area contributed by atoms with E-state index in [-0.39, 0.29) is 68.9 Å². The van der Waals surface area contributed by atoms with Crippen LogP contribution in [0.2, 0.25) is 0 Å². The molecule has 12 amide bonds. The lowest BCUT2D eigenvalue weighted by Crippen LogP contribution is -2.61. The molecule has 1 aliphatic rings. The first kappa shape index (κ1) is 75.3. The number of aliphatic imine (C=N–C) groups is 1. The summed E-state index contributed by atoms with van der Waals surface area (Å²) in [6.07, 6.45) is 1.38. The predicted molar refractivity (Wildman–Crippen MR) is 308 cm³/mol. The number of carboxylic acid groups (broad SMARTS) is 1. The van der Waals surface area contributed by atoms with Crippen LogP contribution in [0.4, 0.5) is 0 Å². The molecule has 0 radical (unpaired) electrons. The summed E-state index contributed by atoms with van der Waals surface area (Å²) in [6.45, 7) is 13.2. The highest BCUT2D eigenvalue weighted by atomic mass is 16.4. The van der Waals surface area contributed by atoms with Crippen molar-refractivity contribution in [3.8, 4) is 0 Å². The molecule has 1 saturated heterocycles. The van der Waals surface area contributed by atoms with Crippen LogP contribution in [0.5, 0.6) is 0 Å². The topological polar surface area (TPSA) is 509 Å². The molecule has 11 unspecified atom stereocenters. The molecular weight excluding hydrogens is 1120 g/mol. The van der Waals surface area contributed by atoms with E-state index < -0.39 is 176 Å².